The lowest BCUT2D eigenvalue weighted by atomic mass is 10.1. The van der Waals surface area contributed by atoms with E-state index < -0.39 is 0 Å². The summed E-state index contributed by atoms with van der Waals surface area (Å²) in [4.78, 5) is 30.5. The molecule has 1 amide bonds. The number of nitrogens with zero attached hydrogens (tertiary/aromatic N) is 3. The third-order valence-electron chi connectivity index (χ3n) is 5.13. The van der Waals surface area contributed by atoms with Crippen molar-refractivity contribution in [2.45, 2.75) is 19.0 Å². The highest BCUT2D eigenvalue weighted by Gasteiger charge is 2.15. The highest BCUT2D eigenvalue weighted by atomic mass is 32.2. The van der Waals surface area contributed by atoms with Crippen molar-refractivity contribution >= 4 is 34.3 Å². The normalized spacial score (nSPS) is 11.4. The summed E-state index contributed by atoms with van der Waals surface area (Å²) >= 11 is 1.13. The molecule has 2 N–H and O–H groups in total. The lowest BCUT2D eigenvalue weighted by Gasteiger charge is -2.13. The monoisotopic (exact) mass is 488 g/mol. The number of amides is 1. The topological polar surface area (TPSA) is 106 Å². The van der Waals surface area contributed by atoms with Crippen molar-refractivity contribution in [2.24, 2.45) is 5.10 Å². The lowest BCUT2D eigenvalue weighted by Crippen LogP contribution is -2.24. The quantitative estimate of drug-likeness (QED) is 0.167. The number of hydrogen-bond acceptors (Lipinski definition) is 7. The van der Waals surface area contributed by atoms with Crippen LogP contribution >= 0.6 is 11.8 Å². The lowest BCUT2D eigenvalue weighted by molar-refractivity contribution is -0.118. The second kappa shape index (κ2) is 10.9. The van der Waals surface area contributed by atoms with E-state index in [0.717, 1.165) is 11.8 Å². The second-order valence-corrected chi connectivity index (χ2v) is 8.46. The van der Waals surface area contributed by atoms with Gasteiger partial charge in [-0.2, -0.15) is 5.10 Å². The first kappa shape index (κ1) is 24.0. The average Bonchev–Trinajstić information content (AvgIpc) is 2.87. The maximum atomic E-state index is 13.3. The van der Waals surface area contributed by atoms with Crippen LogP contribution in [0.5, 0.6) is 11.5 Å². The van der Waals surface area contributed by atoms with Crippen LogP contribution in [0.4, 0.5) is 0 Å². The maximum absolute atomic E-state index is 13.3. The van der Waals surface area contributed by atoms with Gasteiger partial charge in [-0.1, -0.05) is 36.0 Å². The Kier molecular flexibility index (Phi) is 7.47. The van der Waals surface area contributed by atoms with E-state index in [0.29, 0.717) is 45.4 Å². The molecule has 3 aromatic carbocycles. The minimum absolute atomic E-state index is 0.0145. The molecule has 0 saturated carbocycles. The molecule has 9 heteroatoms. The maximum Gasteiger partial charge on any atom is 0.266 e. The van der Waals surface area contributed by atoms with Gasteiger partial charge in [-0.05, 0) is 62.4 Å². The van der Waals surface area contributed by atoms with E-state index >= 15 is 0 Å². The Hall–Kier alpha value is -4.11. The molecule has 0 aliphatic carbocycles. The number of hydrogen-bond donors (Lipinski definition) is 2. The Morgan fingerprint density at radius 1 is 1.09 bits per heavy atom. The third-order valence-corrected chi connectivity index (χ3v) is 6.06. The van der Waals surface area contributed by atoms with Crippen LogP contribution < -0.4 is 15.7 Å². The summed E-state index contributed by atoms with van der Waals surface area (Å²) in [7, 11) is 0. The van der Waals surface area contributed by atoms with E-state index in [1.807, 2.05) is 13.0 Å². The molecule has 1 heterocycles. The molecule has 0 radical (unpaired) electrons. The summed E-state index contributed by atoms with van der Waals surface area (Å²) in [5.41, 5.74) is 4.44. The largest absolute Gasteiger partial charge is 0.507 e. The number of carbonyl (C=O) groups excluding carboxylic acids is 1. The molecule has 0 aliphatic heterocycles. The molecule has 0 atom stereocenters. The molecule has 0 spiro atoms. The minimum Gasteiger partial charge on any atom is -0.507 e. The van der Waals surface area contributed by atoms with Crippen LogP contribution in [0.1, 0.15) is 19.4 Å². The zero-order chi connectivity index (χ0) is 24.8. The van der Waals surface area contributed by atoms with Gasteiger partial charge >= 0.3 is 0 Å². The smallest absolute Gasteiger partial charge is 0.266 e. The Morgan fingerprint density at radius 3 is 2.54 bits per heavy atom. The summed E-state index contributed by atoms with van der Waals surface area (Å²) in [5.74, 6) is 0.395. The summed E-state index contributed by atoms with van der Waals surface area (Å²) in [6.45, 7) is 4.13. The van der Waals surface area contributed by atoms with Crippen LogP contribution in [0.3, 0.4) is 0 Å². The van der Waals surface area contributed by atoms with Crippen molar-refractivity contribution in [3.8, 4) is 17.2 Å². The molecule has 178 valence electrons. The number of para-hydroxylation sites is 2. The van der Waals surface area contributed by atoms with E-state index in [2.05, 4.69) is 15.5 Å². The molecule has 0 unspecified atom stereocenters. The van der Waals surface area contributed by atoms with Gasteiger partial charge in [0, 0.05) is 5.56 Å². The fourth-order valence-electron chi connectivity index (χ4n) is 3.44. The Labute approximate surface area is 206 Å². The molecule has 0 fully saturated rings. The van der Waals surface area contributed by atoms with E-state index in [-0.39, 0.29) is 23.0 Å². The first-order valence-electron chi connectivity index (χ1n) is 11.0. The van der Waals surface area contributed by atoms with E-state index in [9.17, 15) is 14.7 Å². The van der Waals surface area contributed by atoms with Gasteiger partial charge < -0.3 is 9.84 Å². The third kappa shape index (κ3) is 5.52. The molecule has 8 nitrogen and oxygen atoms in total. The molecule has 1 aromatic heterocycles. The number of thioether (sulfide) groups is 1. The number of aromatic hydroxyl groups is 1. The van der Waals surface area contributed by atoms with Crippen molar-refractivity contribution in [1.82, 2.24) is 15.0 Å². The number of phenols is 1. The average molecular weight is 489 g/mol. The predicted octanol–water partition coefficient (Wildman–Crippen LogP) is 4.12. The molecular formula is C26H24N4O4S. The van der Waals surface area contributed by atoms with Crippen molar-refractivity contribution < 1.29 is 14.6 Å². The Balaban J connectivity index is 1.59. The summed E-state index contributed by atoms with van der Waals surface area (Å²) in [6.07, 6.45) is 0. The molecule has 0 aliphatic rings. The first-order valence-corrected chi connectivity index (χ1v) is 12.0. The first-order chi connectivity index (χ1) is 17.0. The van der Waals surface area contributed by atoms with Gasteiger partial charge in [0.05, 0.1) is 34.7 Å². The Bertz CT molecular complexity index is 1450. The molecule has 4 aromatic rings. The zero-order valence-corrected chi connectivity index (χ0v) is 20.1. The standard InChI is InChI=1S/C26H24N4O4S/c1-3-34-19-14-12-18(13-15-19)30-25(33)21-9-4-6-10-22(21)27-26(30)35-16-24(32)29-28-17(2)20-8-5-7-11-23(20)31/h4-15,31H,3,16H2,1-2H3,(H,29,32). The summed E-state index contributed by atoms with van der Waals surface area (Å²) in [6, 6.07) is 21.0. The van der Waals surface area contributed by atoms with Crippen LogP contribution in [-0.4, -0.2) is 38.6 Å². The van der Waals surface area contributed by atoms with Gasteiger partial charge in [0.1, 0.15) is 11.5 Å². The van der Waals surface area contributed by atoms with E-state index in [4.69, 9.17) is 4.74 Å². The van der Waals surface area contributed by atoms with Crippen LogP contribution in [0.15, 0.2) is 87.8 Å². The number of phenolic OH excluding ortho intramolecular Hbond substituents is 1. The number of nitrogens with one attached hydrogen (secondary N) is 1. The van der Waals surface area contributed by atoms with Gasteiger partial charge in [0.2, 0.25) is 0 Å². The van der Waals surface area contributed by atoms with Crippen LogP contribution in [0.2, 0.25) is 0 Å². The number of rotatable bonds is 8. The molecule has 35 heavy (non-hydrogen) atoms. The Morgan fingerprint density at radius 2 is 1.80 bits per heavy atom. The highest BCUT2D eigenvalue weighted by molar-refractivity contribution is 7.99. The van der Waals surface area contributed by atoms with Crippen molar-refractivity contribution in [1.29, 1.82) is 0 Å². The SMILES string of the molecule is CCOc1ccc(-n2c(SCC(=O)NN=C(C)c3ccccc3O)nc3ccccc3c2=O)cc1. The summed E-state index contributed by atoms with van der Waals surface area (Å²) < 4.78 is 7.00. The zero-order valence-electron chi connectivity index (χ0n) is 19.3. The van der Waals surface area contributed by atoms with Gasteiger partial charge in [-0.15, -0.1) is 0 Å². The fourth-order valence-corrected chi connectivity index (χ4v) is 4.25. The van der Waals surface area contributed by atoms with E-state index in [1.165, 1.54) is 4.57 Å². The number of carbonyl (C=O) groups is 1. The molecule has 0 bridgehead atoms. The number of benzene rings is 3. The van der Waals surface area contributed by atoms with Crippen molar-refractivity contribution in [2.75, 3.05) is 12.4 Å². The molecule has 0 saturated heterocycles. The number of ether oxygens (including phenoxy) is 1. The molecule has 4 rings (SSSR count). The van der Waals surface area contributed by atoms with Crippen LogP contribution in [0, 0.1) is 0 Å². The van der Waals surface area contributed by atoms with Crippen molar-refractivity contribution in [3.05, 3.63) is 88.7 Å². The highest BCUT2D eigenvalue weighted by Crippen LogP contribution is 2.23. The summed E-state index contributed by atoms with van der Waals surface area (Å²) in [5, 5.41) is 14.9. The van der Waals surface area contributed by atoms with Crippen molar-refractivity contribution in [3.63, 3.8) is 0 Å². The van der Waals surface area contributed by atoms with Crippen LogP contribution in [-0.2, 0) is 4.79 Å². The van der Waals surface area contributed by atoms with Gasteiger partial charge in [-0.3, -0.25) is 14.2 Å². The number of fused-ring (bicyclic) bond motifs is 1. The van der Waals surface area contributed by atoms with Gasteiger partial charge in [0.15, 0.2) is 5.16 Å². The predicted molar refractivity (Wildman–Crippen MR) is 138 cm³/mol. The minimum atomic E-state index is -0.370. The van der Waals surface area contributed by atoms with Gasteiger partial charge in [-0.25, -0.2) is 10.4 Å². The number of aromatic nitrogens is 2. The van der Waals surface area contributed by atoms with Crippen LogP contribution in [0.25, 0.3) is 16.6 Å². The second-order valence-electron chi connectivity index (χ2n) is 7.52. The van der Waals surface area contributed by atoms with Gasteiger partial charge in [0.25, 0.3) is 11.5 Å². The number of hydrazone groups is 1. The fraction of sp³-hybridized carbons (Fsp3) is 0.154. The molecular weight excluding hydrogens is 464 g/mol. The van der Waals surface area contributed by atoms with E-state index in [1.54, 1.807) is 73.7 Å².